The number of hydrogen-bond donors (Lipinski definition) is 1. The van der Waals surface area contributed by atoms with Crippen molar-refractivity contribution < 1.29 is 4.74 Å². The number of benzene rings is 1. The monoisotopic (exact) mass is 368 g/mol. The Morgan fingerprint density at radius 2 is 1.81 bits per heavy atom. The summed E-state index contributed by atoms with van der Waals surface area (Å²) in [6, 6.07) is 12.6. The van der Waals surface area contributed by atoms with E-state index in [1.165, 1.54) is 11.1 Å². The lowest BCUT2D eigenvalue weighted by atomic mass is 10.2. The molecule has 1 aromatic heterocycles. The highest BCUT2D eigenvalue weighted by molar-refractivity contribution is 5.47. The lowest BCUT2D eigenvalue weighted by Crippen LogP contribution is -2.45. The summed E-state index contributed by atoms with van der Waals surface area (Å²) < 4.78 is 5.73. The van der Waals surface area contributed by atoms with Crippen LogP contribution in [0.3, 0.4) is 0 Å². The quantitative estimate of drug-likeness (QED) is 0.688. The Hall–Kier alpha value is -2.11. The zero-order chi connectivity index (χ0) is 18.9. The van der Waals surface area contributed by atoms with Gasteiger partial charge in [0, 0.05) is 51.0 Å². The van der Waals surface area contributed by atoms with Crippen LogP contribution < -0.4 is 15.0 Å². The Bertz CT molecular complexity index is 681. The first-order valence-electron chi connectivity index (χ1n) is 10.1. The molecule has 2 heterocycles. The molecule has 2 aromatic rings. The Kier molecular flexibility index (Phi) is 7.48. The van der Waals surface area contributed by atoms with E-state index in [1.807, 2.05) is 12.3 Å². The number of nitrogens with one attached hydrogen (secondary N) is 1. The molecular formula is C22H32N4O. The molecule has 5 heteroatoms. The summed E-state index contributed by atoms with van der Waals surface area (Å²) in [7, 11) is 2.18. The first kappa shape index (κ1) is 19.6. The summed E-state index contributed by atoms with van der Waals surface area (Å²) in [6.07, 6.45) is 4.16. The third-order valence-electron chi connectivity index (χ3n) is 5.00. The minimum absolute atomic E-state index is 0.796. The van der Waals surface area contributed by atoms with E-state index in [-0.39, 0.29) is 0 Å². The smallest absolute Gasteiger partial charge is 0.133 e. The lowest BCUT2D eigenvalue weighted by Gasteiger charge is -2.34. The number of aromatic nitrogens is 1. The minimum Gasteiger partial charge on any atom is -0.494 e. The van der Waals surface area contributed by atoms with Crippen LogP contribution in [0.25, 0.3) is 0 Å². The summed E-state index contributed by atoms with van der Waals surface area (Å²) in [5.74, 6) is 2.08. The fourth-order valence-electron chi connectivity index (χ4n) is 3.25. The molecule has 146 valence electrons. The molecule has 0 atom stereocenters. The number of rotatable bonds is 9. The van der Waals surface area contributed by atoms with Gasteiger partial charge in [-0.25, -0.2) is 4.98 Å². The predicted molar refractivity (Wildman–Crippen MR) is 111 cm³/mol. The normalized spacial score (nSPS) is 15.1. The molecule has 1 N–H and O–H groups in total. The maximum Gasteiger partial charge on any atom is 0.133 e. The highest BCUT2D eigenvalue weighted by atomic mass is 16.5. The van der Waals surface area contributed by atoms with Crippen molar-refractivity contribution in [3.63, 3.8) is 0 Å². The van der Waals surface area contributed by atoms with Gasteiger partial charge in [0.25, 0.3) is 0 Å². The first-order chi connectivity index (χ1) is 13.3. The van der Waals surface area contributed by atoms with E-state index < -0.39 is 0 Å². The fourth-order valence-corrected chi connectivity index (χ4v) is 3.25. The summed E-state index contributed by atoms with van der Waals surface area (Å²) in [6.45, 7) is 8.91. The second-order valence-electron chi connectivity index (χ2n) is 7.23. The van der Waals surface area contributed by atoms with Crippen LogP contribution in [0.15, 0.2) is 42.6 Å². The predicted octanol–water partition coefficient (Wildman–Crippen LogP) is 3.30. The number of likely N-dealkylation sites (N-methyl/N-ethyl adjacent to an activating group) is 1. The van der Waals surface area contributed by atoms with Crippen molar-refractivity contribution in [1.29, 1.82) is 0 Å². The van der Waals surface area contributed by atoms with E-state index in [9.17, 15) is 0 Å². The molecule has 1 aliphatic rings. The third kappa shape index (κ3) is 5.94. The molecule has 0 saturated carbocycles. The summed E-state index contributed by atoms with van der Waals surface area (Å²) in [4.78, 5) is 9.42. The summed E-state index contributed by atoms with van der Waals surface area (Å²) in [5, 5.41) is 3.56. The number of piperazine rings is 1. The van der Waals surface area contributed by atoms with Crippen molar-refractivity contribution in [2.24, 2.45) is 0 Å². The van der Waals surface area contributed by atoms with Crippen molar-refractivity contribution in [2.45, 2.75) is 32.9 Å². The van der Waals surface area contributed by atoms with E-state index in [2.05, 4.69) is 64.4 Å². The average molecular weight is 369 g/mol. The number of nitrogens with zero attached hydrogens (tertiary/aromatic N) is 3. The van der Waals surface area contributed by atoms with Gasteiger partial charge in [-0.3, -0.25) is 0 Å². The van der Waals surface area contributed by atoms with Gasteiger partial charge in [-0.2, -0.15) is 0 Å². The van der Waals surface area contributed by atoms with Gasteiger partial charge in [0.1, 0.15) is 11.6 Å². The molecule has 0 radical (unpaired) electrons. The Balaban J connectivity index is 1.50. The molecule has 3 rings (SSSR count). The van der Waals surface area contributed by atoms with E-state index >= 15 is 0 Å². The first-order valence-corrected chi connectivity index (χ1v) is 10.1. The summed E-state index contributed by atoms with van der Waals surface area (Å²) in [5.41, 5.74) is 2.53. The van der Waals surface area contributed by atoms with Gasteiger partial charge < -0.3 is 19.9 Å². The third-order valence-corrected chi connectivity index (χ3v) is 5.00. The van der Waals surface area contributed by atoms with Crippen molar-refractivity contribution in [3.8, 4) is 5.75 Å². The van der Waals surface area contributed by atoms with Crippen LogP contribution in [-0.2, 0) is 13.1 Å². The molecule has 0 spiro atoms. The molecule has 0 unspecified atom stereocenters. The van der Waals surface area contributed by atoms with Crippen LogP contribution in [0.1, 0.15) is 30.9 Å². The largest absolute Gasteiger partial charge is 0.494 e. The van der Waals surface area contributed by atoms with Crippen LogP contribution in [0.2, 0.25) is 0 Å². The maximum absolute atomic E-state index is 5.73. The fraction of sp³-hybridized carbons (Fsp3) is 0.500. The van der Waals surface area contributed by atoms with E-state index in [1.54, 1.807) is 0 Å². The van der Waals surface area contributed by atoms with Crippen molar-refractivity contribution in [3.05, 3.63) is 53.7 Å². The average Bonchev–Trinajstić information content (AvgIpc) is 2.70. The Morgan fingerprint density at radius 3 is 2.56 bits per heavy atom. The number of ether oxygens (including phenoxy) is 1. The molecule has 1 aromatic carbocycles. The lowest BCUT2D eigenvalue weighted by molar-refractivity contribution is 0.309. The van der Waals surface area contributed by atoms with Gasteiger partial charge in [0.2, 0.25) is 0 Å². The molecule has 1 aliphatic heterocycles. The number of pyridine rings is 1. The second-order valence-corrected chi connectivity index (χ2v) is 7.23. The molecule has 0 amide bonds. The van der Waals surface area contributed by atoms with Crippen LogP contribution in [0, 0.1) is 0 Å². The van der Waals surface area contributed by atoms with Gasteiger partial charge in [0.05, 0.1) is 6.61 Å². The van der Waals surface area contributed by atoms with Crippen LogP contribution in [0.4, 0.5) is 5.82 Å². The number of anilines is 1. The molecule has 1 saturated heterocycles. The zero-order valence-electron chi connectivity index (χ0n) is 16.7. The second kappa shape index (κ2) is 10.3. The van der Waals surface area contributed by atoms with Crippen molar-refractivity contribution >= 4 is 5.82 Å². The van der Waals surface area contributed by atoms with Gasteiger partial charge in [-0.1, -0.05) is 31.5 Å². The maximum atomic E-state index is 5.73. The van der Waals surface area contributed by atoms with Gasteiger partial charge in [-0.05, 0) is 37.2 Å². The Labute approximate surface area is 163 Å². The van der Waals surface area contributed by atoms with Crippen LogP contribution in [0.5, 0.6) is 5.75 Å². The summed E-state index contributed by atoms with van der Waals surface area (Å²) >= 11 is 0. The van der Waals surface area contributed by atoms with E-state index in [0.717, 1.165) is 70.3 Å². The van der Waals surface area contributed by atoms with Crippen molar-refractivity contribution in [2.75, 3.05) is 44.7 Å². The highest BCUT2D eigenvalue weighted by Gasteiger charge is 2.17. The van der Waals surface area contributed by atoms with Gasteiger partial charge in [-0.15, -0.1) is 0 Å². The molecule has 0 aliphatic carbocycles. The molecular weight excluding hydrogens is 336 g/mol. The molecule has 1 fully saturated rings. The minimum atomic E-state index is 0.796. The molecule has 5 nitrogen and oxygen atoms in total. The number of unbranched alkanes of at least 4 members (excludes halogenated alkanes) is 1. The van der Waals surface area contributed by atoms with E-state index in [4.69, 9.17) is 4.74 Å². The standard InChI is InChI=1S/C22H32N4O/c1-3-4-16-27-21-9-7-19(8-10-21)17-23-18-20-6-5-11-24-22(20)26-14-12-25(2)13-15-26/h5-11,23H,3-4,12-18H2,1-2H3. The highest BCUT2D eigenvalue weighted by Crippen LogP contribution is 2.19. The molecule has 0 bridgehead atoms. The molecule has 27 heavy (non-hydrogen) atoms. The SMILES string of the molecule is CCCCOc1ccc(CNCc2cccnc2N2CCN(C)CC2)cc1. The van der Waals surface area contributed by atoms with E-state index in [0.29, 0.717) is 0 Å². The van der Waals surface area contributed by atoms with Crippen LogP contribution in [-0.4, -0.2) is 49.7 Å². The van der Waals surface area contributed by atoms with Crippen LogP contribution >= 0.6 is 0 Å². The Morgan fingerprint density at radius 1 is 1.04 bits per heavy atom. The van der Waals surface area contributed by atoms with Crippen molar-refractivity contribution in [1.82, 2.24) is 15.2 Å². The topological polar surface area (TPSA) is 40.6 Å². The number of hydrogen-bond acceptors (Lipinski definition) is 5. The van der Waals surface area contributed by atoms with Gasteiger partial charge >= 0.3 is 0 Å². The zero-order valence-corrected chi connectivity index (χ0v) is 16.7. The van der Waals surface area contributed by atoms with Gasteiger partial charge in [0.15, 0.2) is 0 Å².